The lowest BCUT2D eigenvalue weighted by Crippen LogP contribution is -2.34. The monoisotopic (exact) mass is 326 g/mol. The van der Waals surface area contributed by atoms with Crippen LogP contribution in [0.2, 0.25) is 0 Å². The number of carboxylic acid groups (broad SMARTS) is 1. The Balaban J connectivity index is 1.94. The second-order valence-electron chi connectivity index (χ2n) is 5.45. The summed E-state index contributed by atoms with van der Waals surface area (Å²) in [6, 6.07) is 13.0. The van der Waals surface area contributed by atoms with Gasteiger partial charge in [-0.3, -0.25) is 4.79 Å². The minimum absolute atomic E-state index is 0.262. The number of aliphatic carboxylic acids is 1. The third kappa shape index (κ3) is 2.86. The molecule has 1 heterocycles. The largest absolute Gasteiger partial charge is 0.479 e. The average molecular weight is 326 g/mol. The van der Waals surface area contributed by atoms with Crippen LogP contribution >= 0.6 is 0 Å². The van der Waals surface area contributed by atoms with Gasteiger partial charge in [0, 0.05) is 18.0 Å². The number of benzene rings is 2. The third-order valence-corrected chi connectivity index (χ3v) is 3.89. The lowest BCUT2D eigenvalue weighted by Gasteiger charge is -2.15. The molecule has 1 aromatic heterocycles. The van der Waals surface area contributed by atoms with Crippen molar-refractivity contribution in [1.29, 1.82) is 0 Å². The maximum Gasteiger partial charge on any atom is 0.330 e. The molecule has 0 bridgehead atoms. The molecule has 2 aromatic carbocycles. The Hall–Kier alpha value is -3.15. The van der Waals surface area contributed by atoms with Crippen molar-refractivity contribution in [2.24, 2.45) is 7.05 Å². The van der Waals surface area contributed by atoms with E-state index >= 15 is 0 Å². The molecule has 6 heteroatoms. The molecule has 0 fully saturated rings. The molecule has 0 aliphatic rings. The Labute approximate surface area is 137 Å². The lowest BCUT2D eigenvalue weighted by molar-refractivity contribution is -0.139. The highest BCUT2D eigenvalue weighted by Gasteiger charge is 2.24. The number of fused-ring (bicyclic) bond motifs is 1. The van der Waals surface area contributed by atoms with Crippen LogP contribution in [-0.2, 0) is 11.8 Å². The van der Waals surface area contributed by atoms with Crippen LogP contribution in [0.3, 0.4) is 0 Å². The van der Waals surface area contributed by atoms with E-state index < -0.39 is 23.7 Å². The summed E-state index contributed by atoms with van der Waals surface area (Å²) in [5.41, 5.74) is 1.43. The predicted molar refractivity (Wildman–Crippen MR) is 87.2 cm³/mol. The van der Waals surface area contributed by atoms with E-state index in [1.54, 1.807) is 48.0 Å². The summed E-state index contributed by atoms with van der Waals surface area (Å²) in [5.74, 6) is -2.09. The van der Waals surface area contributed by atoms with Crippen molar-refractivity contribution < 1.29 is 19.1 Å². The molecule has 0 unspecified atom stereocenters. The van der Waals surface area contributed by atoms with Crippen LogP contribution in [0.5, 0.6) is 0 Å². The molecule has 0 saturated heterocycles. The smallest absolute Gasteiger partial charge is 0.330 e. The van der Waals surface area contributed by atoms with Crippen molar-refractivity contribution in [3.8, 4) is 0 Å². The molecular formula is C18H15FN2O3. The first kappa shape index (κ1) is 15.7. The normalized spacial score (nSPS) is 12.1. The summed E-state index contributed by atoms with van der Waals surface area (Å²) in [5, 5.41) is 12.5. The fourth-order valence-electron chi connectivity index (χ4n) is 2.68. The highest BCUT2D eigenvalue weighted by Crippen LogP contribution is 2.21. The molecular weight excluding hydrogens is 311 g/mol. The molecule has 2 N–H and O–H groups in total. The summed E-state index contributed by atoms with van der Waals surface area (Å²) < 4.78 is 14.9. The van der Waals surface area contributed by atoms with Crippen LogP contribution < -0.4 is 5.32 Å². The van der Waals surface area contributed by atoms with E-state index in [2.05, 4.69) is 5.32 Å². The minimum atomic E-state index is -1.16. The van der Waals surface area contributed by atoms with E-state index in [0.29, 0.717) is 16.5 Å². The molecule has 3 rings (SSSR count). The number of aromatic nitrogens is 1. The van der Waals surface area contributed by atoms with Gasteiger partial charge in [0.1, 0.15) is 11.5 Å². The van der Waals surface area contributed by atoms with Gasteiger partial charge in [-0.25, -0.2) is 9.18 Å². The Kier molecular flexibility index (Phi) is 4.04. The molecule has 24 heavy (non-hydrogen) atoms. The van der Waals surface area contributed by atoms with Crippen LogP contribution in [0.1, 0.15) is 22.1 Å². The van der Waals surface area contributed by atoms with Gasteiger partial charge >= 0.3 is 5.97 Å². The van der Waals surface area contributed by atoms with Gasteiger partial charge in [-0.15, -0.1) is 0 Å². The number of carbonyl (C=O) groups excluding carboxylic acids is 1. The first-order valence-corrected chi connectivity index (χ1v) is 7.31. The number of nitrogens with zero attached hydrogens (tertiary/aromatic N) is 1. The molecule has 0 saturated carbocycles. The molecule has 0 aliphatic carbocycles. The molecule has 1 atom stereocenters. The van der Waals surface area contributed by atoms with Crippen molar-refractivity contribution in [3.63, 3.8) is 0 Å². The number of nitrogens with one attached hydrogen (secondary N) is 1. The first-order valence-electron chi connectivity index (χ1n) is 7.31. The second-order valence-corrected chi connectivity index (χ2v) is 5.45. The molecule has 0 spiro atoms. The number of hydrogen-bond acceptors (Lipinski definition) is 2. The number of hydrogen-bond donors (Lipinski definition) is 2. The summed E-state index contributed by atoms with van der Waals surface area (Å²) in [6.07, 6.45) is 0. The molecule has 5 nitrogen and oxygen atoms in total. The standard InChI is InChI=1S/C18H15FN2O3/c1-21-14-8-7-13(19)9-12(14)10-15(21)17(22)20-16(18(23)24)11-5-3-2-4-6-11/h2-10,16H,1H3,(H,20,22)(H,23,24)/t16-/m1/s1. The van der Waals surface area contributed by atoms with Crippen molar-refractivity contribution in [2.45, 2.75) is 6.04 Å². The Morgan fingerprint density at radius 1 is 1.12 bits per heavy atom. The summed E-state index contributed by atoms with van der Waals surface area (Å²) in [7, 11) is 1.67. The van der Waals surface area contributed by atoms with Gasteiger partial charge in [0.25, 0.3) is 5.91 Å². The molecule has 0 radical (unpaired) electrons. The van der Waals surface area contributed by atoms with Crippen LogP contribution in [0, 0.1) is 5.82 Å². The van der Waals surface area contributed by atoms with Gasteiger partial charge in [0.2, 0.25) is 0 Å². The van der Waals surface area contributed by atoms with Gasteiger partial charge in [-0.05, 0) is 29.8 Å². The third-order valence-electron chi connectivity index (χ3n) is 3.89. The van der Waals surface area contributed by atoms with Gasteiger partial charge in [0.05, 0.1) is 0 Å². The number of rotatable bonds is 4. The van der Waals surface area contributed by atoms with Crippen LogP contribution in [0.4, 0.5) is 4.39 Å². The van der Waals surface area contributed by atoms with E-state index in [-0.39, 0.29) is 5.69 Å². The summed E-state index contributed by atoms with van der Waals surface area (Å²) in [6.45, 7) is 0. The van der Waals surface area contributed by atoms with Gasteiger partial charge in [-0.2, -0.15) is 0 Å². The van der Waals surface area contributed by atoms with E-state index in [9.17, 15) is 19.1 Å². The zero-order valence-electron chi connectivity index (χ0n) is 12.9. The van der Waals surface area contributed by atoms with Crippen LogP contribution in [-0.4, -0.2) is 21.6 Å². The number of carbonyl (C=O) groups is 2. The van der Waals surface area contributed by atoms with E-state index in [0.717, 1.165) is 0 Å². The number of amides is 1. The first-order chi connectivity index (χ1) is 11.5. The zero-order valence-corrected chi connectivity index (χ0v) is 12.9. The Morgan fingerprint density at radius 3 is 2.50 bits per heavy atom. The van der Waals surface area contributed by atoms with E-state index in [4.69, 9.17) is 0 Å². The number of halogens is 1. The Bertz CT molecular complexity index is 919. The SMILES string of the molecule is Cn1c(C(=O)N[C@@H](C(=O)O)c2ccccc2)cc2cc(F)ccc21. The van der Waals surface area contributed by atoms with E-state index in [1.165, 1.54) is 18.2 Å². The van der Waals surface area contributed by atoms with Crippen molar-refractivity contribution >= 4 is 22.8 Å². The quantitative estimate of drug-likeness (QED) is 0.774. The maximum absolute atomic E-state index is 13.3. The molecule has 122 valence electrons. The Morgan fingerprint density at radius 2 is 1.83 bits per heavy atom. The fourth-order valence-corrected chi connectivity index (χ4v) is 2.68. The number of carboxylic acids is 1. The zero-order chi connectivity index (χ0) is 17.3. The molecule has 3 aromatic rings. The fraction of sp³-hybridized carbons (Fsp3) is 0.111. The van der Waals surface area contributed by atoms with E-state index in [1.807, 2.05) is 0 Å². The van der Waals surface area contributed by atoms with Crippen LogP contribution in [0.25, 0.3) is 10.9 Å². The maximum atomic E-state index is 13.3. The molecule has 0 aliphatic heterocycles. The predicted octanol–water partition coefficient (Wildman–Crippen LogP) is 2.87. The molecule has 1 amide bonds. The summed E-state index contributed by atoms with van der Waals surface area (Å²) in [4.78, 5) is 24.0. The lowest BCUT2D eigenvalue weighted by atomic mass is 10.1. The van der Waals surface area contributed by atoms with Gasteiger partial charge < -0.3 is 15.0 Å². The van der Waals surface area contributed by atoms with Crippen molar-refractivity contribution in [3.05, 3.63) is 71.7 Å². The van der Waals surface area contributed by atoms with Crippen LogP contribution in [0.15, 0.2) is 54.6 Å². The second kappa shape index (κ2) is 6.16. The van der Waals surface area contributed by atoms with Gasteiger partial charge in [-0.1, -0.05) is 30.3 Å². The highest BCUT2D eigenvalue weighted by molar-refractivity contribution is 6.00. The minimum Gasteiger partial charge on any atom is -0.479 e. The highest BCUT2D eigenvalue weighted by atomic mass is 19.1. The van der Waals surface area contributed by atoms with Crippen molar-refractivity contribution in [1.82, 2.24) is 9.88 Å². The average Bonchev–Trinajstić information content (AvgIpc) is 2.89. The topological polar surface area (TPSA) is 71.3 Å². The summed E-state index contributed by atoms with van der Waals surface area (Å²) >= 11 is 0. The van der Waals surface area contributed by atoms with Crippen molar-refractivity contribution in [2.75, 3.05) is 0 Å². The van der Waals surface area contributed by atoms with Gasteiger partial charge in [0.15, 0.2) is 6.04 Å². The number of aryl methyl sites for hydroxylation is 1.